The fraction of sp³-hybridized carbons (Fsp3) is 0.133. The van der Waals surface area contributed by atoms with Gasteiger partial charge in [0.2, 0.25) is 0 Å². The van der Waals surface area contributed by atoms with Gasteiger partial charge >= 0.3 is 0 Å². The minimum absolute atomic E-state index is 0.286. The van der Waals surface area contributed by atoms with Crippen LogP contribution in [0.1, 0.15) is 5.56 Å². The first kappa shape index (κ1) is 15.4. The van der Waals surface area contributed by atoms with Crippen molar-refractivity contribution in [2.75, 3.05) is 17.7 Å². The van der Waals surface area contributed by atoms with Gasteiger partial charge in [-0.25, -0.2) is 19.0 Å². The van der Waals surface area contributed by atoms with Crippen LogP contribution >= 0.6 is 15.9 Å². The van der Waals surface area contributed by atoms with Gasteiger partial charge in [-0.2, -0.15) is 5.10 Å². The summed E-state index contributed by atoms with van der Waals surface area (Å²) in [6.07, 6.45) is 4.86. The number of nitrogens with zero attached hydrogens (tertiary/aromatic N) is 5. The third kappa shape index (κ3) is 3.16. The number of halogens is 2. The first-order valence-corrected chi connectivity index (χ1v) is 7.61. The fourth-order valence-corrected chi connectivity index (χ4v) is 2.71. The van der Waals surface area contributed by atoms with E-state index in [1.807, 2.05) is 11.9 Å². The van der Waals surface area contributed by atoms with Crippen LogP contribution in [0.2, 0.25) is 0 Å². The van der Waals surface area contributed by atoms with Gasteiger partial charge in [0.1, 0.15) is 17.8 Å². The fourth-order valence-electron chi connectivity index (χ4n) is 2.24. The Morgan fingerprint density at radius 2 is 2.17 bits per heavy atom. The average Bonchev–Trinajstić information content (AvgIpc) is 3.04. The van der Waals surface area contributed by atoms with Crippen molar-refractivity contribution in [3.8, 4) is 5.82 Å². The first-order chi connectivity index (χ1) is 11.1. The molecule has 0 aliphatic carbocycles. The van der Waals surface area contributed by atoms with Crippen molar-refractivity contribution in [2.45, 2.75) is 6.54 Å². The SMILES string of the molecule is CN(Cc1ccc(F)cc1Br)c1ncnc(-n2cccn2)c1N. The predicted molar refractivity (Wildman–Crippen MR) is 89.8 cm³/mol. The molecule has 23 heavy (non-hydrogen) atoms. The number of rotatable bonds is 4. The second-order valence-corrected chi connectivity index (χ2v) is 5.83. The number of anilines is 2. The molecule has 0 atom stereocenters. The minimum atomic E-state index is -0.286. The van der Waals surface area contributed by atoms with E-state index < -0.39 is 0 Å². The molecule has 2 aromatic heterocycles. The molecule has 0 bridgehead atoms. The summed E-state index contributed by atoms with van der Waals surface area (Å²) < 4.78 is 15.5. The van der Waals surface area contributed by atoms with E-state index in [2.05, 4.69) is 31.0 Å². The Bertz CT molecular complexity index is 821. The van der Waals surface area contributed by atoms with Gasteiger partial charge in [-0.3, -0.25) is 0 Å². The molecule has 2 heterocycles. The van der Waals surface area contributed by atoms with Gasteiger partial charge in [0, 0.05) is 30.5 Å². The Morgan fingerprint density at radius 3 is 2.87 bits per heavy atom. The number of hydrogen-bond donors (Lipinski definition) is 1. The summed E-state index contributed by atoms with van der Waals surface area (Å²) in [5.41, 5.74) is 7.54. The first-order valence-electron chi connectivity index (χ1n) is 6.82. The Balaban J connectivity index is 1.91. The van der Waals surface area contributed by atoms with Gasteiger partial charge in [0.05, 0.1) is 0 Å². The van der Waals surface area contributed by atoms with Gasteiger partial charge in [-0.05, 0) is 23.8 Å². The highest BCUT2D eigenvalue weighted by atomic mass is 79.9. The number of aromatic nitrogens is 4. The van der Waals surface area contributed by atoms with Crippen molar-refractivity contribution in [3.05, 3.63) is 58.8 Å². The quantitative estimate of drug-likeness (QED) is 0.757. The molecule has 0 aliphatic rings. The zero-order chi connectivity index (χ0) is 16.4. The molecular weight excluding hydrogens is 363 g/mol. The lowest BCUT2D eigenvalue weighted by molar-refractivity contribution is 0.625. The lowest BCUT2D eigenvalue weighted by Crippen LogP contribution is -2.21. The summed E-state index contributed by atoms with van der Waals surface area (Å²) in [5, 5.41) is 4.13. The standard InChI is InChI=1S/C15H14BrFN6/c1-22(8-10-3-4-11(17)7-12(10)16)14-13(18)15(20-9-19-14)23-6-2-5-21-23/h2-7,9H,8,18H2,1H3. The van der Waals surface area contributed by atoms with Crippen molar-refractivity contribution in [2.24, 2.45) is 0 Å². The number of nitrogens with two attached hydrogens (primary N) is 1. The minimum Gasteiger partial charge on any atom is -0.393 e. The molecule has 2 N–H and O–H groups in total. The second kappa shape index (κ2) is 6.33. The molecule has 0 saturated heterocycles. The van der Waals surface area contributed by atoms with Crippen molar-refractivity contribution >= 4 is 27.4 Å². The maximum Gasteiger partial charge on any atom is 0.181 e. The van der Waals surface area contributed by atoms with Crippen LogP contribution in [0.3, 0.4) is 0 Å². The molecule has 0 spiro atoms. The summed E-state index contributed by atoms with van der Waals surface area (Å²) >= 11 is 3.37. The van der Waals surface area contributed by atoms with E-state index >= 15 is 0 Å². The maximum atomic E-state index is 13.2. The summed E-state index contributed by atoms with van der Waals surface area (Å²) in [6.45, 7) is 0.515. The topological polar surface area (TPSA) is 72.9 Å². The molecule has 6 nitrogen and oxygen atoms in total. The smallest absolute Gasteiger partial charge is 0.181 e. The lowest BCUT2D eigenvalue weighted by atomic mass is 10.2. The maximum absolute atomic E-state index is 13.2. The van der Waals surface area contributed by atoms with Crippen LogP contribution in [0.15, 0.2) is 47.5 Å². The Hall–Kier alpha value is -2.48. The molecule has 0 saturated carbocycles. The third-order valence-electron chi connectivity index (χ3n) is 3.35. The molecule has 0 aliphatic heterocycles. The summed E-state index contributed by atoms with van der Waals surface area (Å²) in [7, 11) is 1.86. The van der Waals surface area contributed by atoms with E-state index in [1.165, 1.54) is 18.5 Å². The monoisotopic (exact) mass is 376 g/mol. The molecule has 118 valence electrons. The van der Waals surface area contributed by atoms with Crippen molar-refractivity contribution in [1.82, 2.24) is 19.7 Å². The van der Waals surface area contributed by atoms with E-state index in [1.54, 1.807) is 29.2 Å². The molecule has 0 amide bonds. The largest absolute Gasteiger partial charge is 0.393 e. The third-order valence-corrected chi connectivity index (χ3v) is 4.09. The Kier molecular flexibility index (Phi) is 4.24. The van der Waals surface area contributed by atoms with Gasteiger partial charge < -0.3 is 10.6 Å². The van der Waals surface area contributed by atoms with Gasteiger partial charge in [0.25, 0.3) is 0 Å². The lowest BCUT2D eigenvalue weighted by Gasteiger charge is -2.21. The van der Waals surface area contributed by atoms with Crippen LogP contribution in [0.5, 0.6) is 0 Å². The molecule has 0 unspecified atom stereocenters. The van der Waals surface area contributed by atoms with Crippen molar-refractivity contribution in [3.63, 3.8) is 0 Å². The predicted octanol–water partition coefficient (Wildman–Crippen LogP) is 2.78. The molecule has 3 rings (SSSR count). The molecule has 8 heteroatoms. The van der Waals surface area contributed by atoms with Crippen LogP contribution in [-0.2, 0) is 6.54 Å². The van der Waals surface area contributed by atoms with E-state index in [0.29, 0.717) is 28.3 Å². The number of hydrogen-bond acceptors (Lipinski definition) is 5. The summed E-state index contributed by atoms with van der Waals surface area (Å²) in [6, 6.07) is 6.37. The second-order valence-electron chi connectivity index (χ2n) is 4.98. The van der Waals surface area contributed by atoms with Gasteiger partial charge in [-0.1, -0.05) is 22.0 Å². The van der Waals surface area contributed by atoms with Crippen LogP contribution in [0.4, 0.5) is 15.9 Å². The average molecular weight is 377 g/mol. The van der Waals surface area contributed by atoms with Crippen LogP contribution in [0.25, 0.3) is 5.82 Å². The summed E-state index contributed by atoms with van der Waals surface area (Å²) in [4.78, 5) is 10.3. The highest BCUT2D eigenvalue weighted by Crippen LogP contribution is 2.27. The van der Waals surface area contributed by atoms with Crippen LogP contribution in [-0.4, -0.2) is 26.8 Å². The zero-order valence-corrected chi connectivity index (χ0v) is 13.9. The van der Waals surface area contributed by atoms with E-state index in [-0.39, 0.29) is 5.82 Å². The molecule has 0 radical (unpaired) electrons. The van der Waals surface area contributed by atoms with Crippen molar-refractivity contribution < 1.29 is 4.39 Å². The molecular formula is C15H14BrFN6. The van der Waals surface area contributed by atoms with E-state index in [9.17, 15) is 4.39 Å². The van der Waals surface area contributed by atoms with E-state index in [0.717, 1.165) is 5.56 Å². The summed E-state index contributed by atoms with van der Waals surface area (Å²) in [5.74, 6) is 0.817. The highest BCUT2D eigenvalue weighted by molar-refractivity contribution is 9.10. The van der Waals surface area contributed by atoms with E-state index in [4.69, 9.17) is 5.73 Å². The zero-order valence-electron chi connectivity index (χ0n) is 12.3. The van der Waals surface area contributed by atoms with Gasteiger partial charge in [-0.15, -0.1) is 0 Å². The van der Waals surface area contributed by atoms with Crippen molar-refractivity contribution in [1.29, 1.82) is 0 Å². The number of nitrogen functional groups attached to an aromatic ring is 1. The normalized spacial score (nSPS) is 10.7. The number of benzene rings is 1. The molecule has 0 fully saturated rings. The Morgan fingerprint density at radius 1 is 1.35 bits per heavy atom. The highest BCUT2D eigenvalue weighted by Gasteiger charge is 2.15. The molecule has 3 aromatic rings. The van der Waals surface area contributed by atoms with Gasteiger partial charge in [0.15, 0.2) is 11.6 Å². The Labute approximate surface area is 140 Å². The van der Waals surface area contributed by atoms with Crippen LogP contribution in [0, 0.1) is 5.82 Å². The van der Waals surface area contributed by atoms with Crippen LogP contribution < -0.4 is 10.6 Å². The molecule has 1 aromatic carbocycles.